The number of carbonyl (C=O) groups is 1. The maximum Gasteiger partial charge on any atom is 0.241 e. The zero-order valence-corrected chi connectivity index (χ0v) is 10.0. The summed E-state index contributed by atoms with van der Waals surface area (Å²) in [5.74, 6) is 0.707. The summed E-state index contributed by atoms with van der Waals surface area (Å²) in [4.78, 5) is 13.4. The summed E-state index contributed by atoms with van der Waals surface area (Å²) in [5.41, 5.74) is 0.862. The maximum absolute atomic E-state index is 11.7. The number of hydrogen-bond donors (Lipinski definition) is 1. The van der Waals surface area contributed by atoms with Gasteiger partial charge in [0.2, 0.25) is 5.91 Å². The van der Waals surface area contributed by atoms with E-state index in [0.29, 0.717) is 5.82 Å². The summed E-state index contributed by atoms with van der Waals surface area (Å²) in [6.07, 6.45) is 0. The molecule has 1 N–H and O–H groups in total. The van der Waals surface area contributed by atoms with Crippen LogP contribution in [0.5, 0.6) is 0 Å². The number of carbonyl (C=O) groups excluding carboxylic acids is 1. The number of amides is 1. The van der Waals surface area contributed by atoms with E-state index in [-0.39, 0.29) is 12.5 Å². The number of hydrogen-bond acceptors (Lipinski definition) is 4. The lowest BCUT2D eigenvalue weighted by atomic mass is 10.4. The molecule has 1 aromatic rings. The van der Waals surface area contributed by atoms with Crippen LogP contribution in [-0.2, 0) is 4.79 Å². The van der Waals surface area contributed by atoms with Crippen LogP contribution in [0.15, 0.2) is 12.1 Å². The molecule has 0 bridgehead atoms. The first-order valence-electron chi connectivity index (χ1n) is 5.49. The molecule has 1 rings (SSSR count). The summed E-state index contributed by atoms with van der Waals surface area (Å²) in [7, 11) is 0. The molecule has 1 heterocycles. The largest absolute Gasteiger partial charge is 0.360 e. The second-order valence-corrected chi connectivity index (χ2v) is 3.48. The third kappa shape index (κ3) is 3.49. The minimum absolute atomic E-state index is 0.0763. The van der Waals surface area contributed by atoms with E-state index < -0.39 is 0 Å². The molecule has 0 aliphatic heterocycles. The number of nitrogens with one attached hydrogen (secondary N) is 1. The van der Waals surface area contributed by atoms with Gasteiger partial charge in [0.1, 0.15) is 5.82 Å². The Labute approximate surface area is 95.9 Å². The normalized spacial score (nSPS) is 9.94. The van der Waals surface area contributed by atoms with Crippen molar-refractivity contribution >= 4 is 11.7 Å². The van der Waals surface area contributed by atoms with Gasteiger partial charge in [0.05, 0.1) is 12.2 Å². The third-order valence-electron chi connectivity index (χ3n) is 2.33. The van der Waals surface area contributed by atoms with E-state index in [9.17, 15) is 4.79 Å². The van der Waals surface area contributed by atoms with Crippen LogP contribution in [0.1, 0.15) is 19.5 Å². The van der Waals surface area contributed by atoms with E-state index in [2.05, 4.69) is 15.5 Å². The van der Waals surface area contributed by atoms with E-state index in [1.54, 1.807) is 4.90 Å². The summed E-state index contributed by atoms with van der Waals surface area (Å²) in [6.45, 7) is 7.53. The molecule has 0 aliphatic rings. The Morgan fingerprint density at radius 2 is 2.00 bits per heavy atom. The van der Waals surface area contributed by atoms with Gasteiger partial charge < -0.3 is 10.2 Å². The second kappa shape index (κ2) is 6.05. The number of likely N-dealkylation sites (N-methyl/N-ethyl adjacent to an activating group) is 1. The van der Waals surface area contributed by atoms with Gasteiger partial charge in [0.25, 0.3) is 0 Å². The summed E-state index contributed by atoms with van der Waals surface area (Å²) < 4.78 is 0. The van der Waals surface area contributed by atoms with E-state index >= 15 is 0 Å². The lowest BCUT2D eigenvalue weighted by molar-refractivity contribution is -0.128. The average molecular weight is 222 g/mol. The predicted octanol–water partition coefficient (Wildman–Crippen LogP) is 1.07. The predicted molar refractivity (Wildman–Crippen MR) is 63.2 cm³/mol. The minimum atomic E-state index is 0.0763. The molecule has 0 aliphatic carbocycles. The standard InChI is InChI=1S/C11H18N4O/c1-4-15(5-2)11(16)8-12-10-7-6-9(3)13-14-10/h6-7H,4-5,8H2,1-3H3,(H,12,14). The molecule has 16 heavy (non-hydrogen) atoms. The molecule has 0 atom stereocenters. The van der Waals surface area contributed by atoms with Gasteiger partial charge in [-0.15, -0.1) is 5.10 Å². The number of aromatic nitrogens is 2. The van der Waals surface area contributed by atoms with Crippen molar-refractivity contribution in [2.24, 2.45) is 0 Å². The summed E-state index contributed by atoms with van der Waals surface area (Å²) >= 11 is 0. The van der Waals surface area contributed by atoms with Crippen LogP contribution in [0.2, 0.25) is 0 Å². The number of anilines is 1. The van der Waals surface area contributed by atoms with Gasteiger partial charge in [-0.3, -0.25) is 4.79 Å². The van der Waals surface area contributed by atoms with E-state index in [4.69, 9.17) is 0 Å². The van der Waals surface area contributed by atoms with Crippen molar-refractivity contribution in [1.82, 2.24) is 15.1 Å². The Hall–Kier alpha value is -1.65. The minimum Gasteiger partial charge on any atom is -0.360 e. The first-order valence-corrected chi connectivity index (χ1v) is 5.49. The highest BCUT2D eigenvalue weighted by Gasteiger charge is 2.08. The zero-order chi connectivity index (χ0) is 12.0. The van der Waals surface area contributed by atoms with Gasteiger partial charge in [-0.1, -0.05) is 0 Å². The highest BCUT2D eigenvalue weighted by atomic mass is 16.2. The highest BCUT2D eigenvalue weighted by Crippen LogP contribution is 2.00. The molecule has 88 valence electrons. The Kier molecular flexibility index (Phi) is 4.69. The molecule has 0 radical (unpaired) electrons. The van der Waals surface area contributed by atoms with Gasteiger partial charge >= 0.3 is 0 Å². The maximum atomic E-state index is 11.7. The zero-order valence-electron chi connectivity index (χ0n) is 10.0. The fourth-order valence-electron chi connectivity index (χ4n) is 1.35. The van der Waals surface area contributed by atoms with Crippen LogP contribution in [0.25, 0.3) is 0 Å². The molecule has 0 spiro atoms. The van der Waals surface area contributed by atoms with Crippen molar-refractivity contribution in [1.29, 1.82) is 0 Å². The van der Waals surface area contributed by atoms with Gasteiger partial charge in [-0.25, -0.2) is 0 Å². The van der Waals surface area contributed by atoms with Crippen LogP contribution in [0.3, 0.4) is 0 Å². The number of aryl methyl sites for hydroxylation is 1. The molecule has 0 saturated carbocycles. The van der Waals surface area contributed by atoms with Crippen molar-refractivity contribution in [3.05, 3.63) is 17.8 Å². The molecule has 1 aromatic heterocycles. The Morgan fingerprint density at radius 3 is 2.50 bits per heavy atom. The fourth-order valence-corrected chi connectivity index (χ4v) is 1.35. The van der Waals surface area contributed by atoms with Crippen molar-refractivity contribution in [2.75, 3.05) is 25.0 Å². The summed E-state index contributed by atoms with van der Waals surface area (Å²) in [5, 5.41) is 10.8. The van der Waals surface area contributed by atoms with Gasteiger partial charge in [0.15, 0.2) is 0 Å². The highest BCUT2D eigenvalue weighted by molar-refractivity contribution is 5.80. The molecule has 0 saturated heterocycles. The van der Waals surface area contributed by atoms with E-state index in [0.717, 1.165) is 18.8 Å². The number of nitrogens with zero attached hydrogens (tertiary/aromatic N) is 3. The van der Waals surface area contributed by atoms with Crippen LogP contribution in [0.4, 0.5) is 5.82 Å². The van der Waals surface area contributed by atoms with Crippen LogP contribution in [0, 0.1) is 6.92 Å². The monoisotopic (exact) mass is 222 g/mol. The van der Waals surface area contributed by atoms with Gasteiger partial charge in [-0.05, 0) is 32.9 Å². The van der Waals surface area contributed by atoms with Gasteiger partial charge in [-0.2, -0.15) is 5.10 Å². The first kappa shape index (κ1) is 12.4. The van der Waals surface area contributed by atoms with Crippen LogP contribution < -0.4 is 5.32 Å². The SMILES string of the molecule is CCN(CC)C(=O)CNc1ccc(C)nn1. The molecule has 5 heteroatoms. The fraction of sp³-hybridized carbons (Fsp3) is 0.545. The summed E-state index contributed by atoms with van der Waals surface area (Å²) in [6, 6.07) is 3.68. The topological polar surface area (TPSA) is 58.1 Å². The van der Waals surface area contributed by atoms with Crippen molar-refractivity contribution < 1.29 is 4.79 Å². The smallest absolute Gasteiger partial charge is 0.241 e. The van der Waals surface area contributed by atoms with E-state index in [1.807, 2.05) is 32.9 Å². The first-order chi connectivity index (χ1) is 7.67. The molecule has 1 amide bonds. The lowest BCUT2D eigenvalue weighted by Crippen LogP contribution is -2.35. The third-order valence-corrected chi connectivity index (χ3v) is 2.33. The van der Waals surface area contributed by atoms with Crippen molar-refractivity contribution in [2.45, 2.75) is 20.8 Å². The van der Waals surface area contributed by atoms with Crippen molar-refractivity contribution in [3.8, 4) is 0 Å². The van der Waals surface area contributed by atoms with E-state index in [1.165, 1.54) is 0 Å². The molecule has 0 unspecified atom stereocenters. The molecular formula is C11H18N4O. The van der Waals surface area contributed by atoms with Crippen LogP contribution >= 0.6 is 0 Å². The Morgan fingerprint density at radius 1 is 1.31 bits per heavy atom. The second-order valence-electron chi connectivity index (χ2n) is 3.48. The molecule has 0 aromatic carbocycles. The molecular weight excluding hydrogens is 204 g/mol. The quantitative estimate of drug-likeness (QED) is 0.809. The van der Waals surface area contributed by atoms with Crippen LogP contribution in [-0.4, -0.2) is 40.6 Å². The van der Waals surface area contributed by atoms with Crippen molar-refractivity contribution in [3.63, 3.8) is 0 Å². The molecule has 5 nitrogen and oxygen atoms in total. The lowest BCUT2D eigenvalue weighted by Gasteiger charge is -2.18. The number of rotatable bonds is 5. The average Bonchev–Trinajstić information content (AvgIpc) is 2.30. The van der Waals surface area contributed by atoms with Gasteiger partial charge in [0, 0.05) is 13.1 Å². The molecule has 0 fully saturated rings. The Balaban J connectivity index is 2.45. The Bertz CT molecular complexity index is 332.